The number of carbonyl (C=O) groups is 3. The van der Waals surface area contributed by atoms with E-state index in [0.717, 1.165) is 25.2 Å². The predicted molar refractivity (Wildman–Crippen MR) is 98.3 cm³/mol. The fraction of sp³-hybridized carbons (Fsp3) is 0.550. The van der Waals surface area contributed by atoms with E-state index < -0.39 is 0 Å². The Morgan fingerprint density at radius 3 is 2.81 bits per heavy atom. The van der Waals surface area contributed by atoms with E-state index in [0.29, 0.717) is 19.0 Å². The highest BCUT2D eigenvalue weighted by Crippen LogP contribution is 2.63. The summed E-state index contributed by atoms with van der Waals surface area (Å²) in [6.45, 7) is 5.48. The van der Waals surface area contributed by atoms with Crippen LogP contribution in [-0.2, 0) is 14.3 Å². The zero-order valence-electron chi connectivity index (χ0n) is 15.7. The minimum atomic E-state index is -0.390. The summed E-state index contributed by atoms with van der Waals surface area (Å²) in [6.07, 6.45) is 10.6. The number of amides is 3. The number of fused-ring (bicyclic) bond motifs is 1. The van der Waals surface area contributed by atoms with Crippen LogP contribution >= 0.6 is 0 Å². The van der Waals surface area contributed by atoms with Crippen LogP contribution in [0.15, 0.2) is 36.1 Å². The molecule has 2 aliphatic carbocycles. The molecular formula is C20H25N3O4. The molecule has 0 aromatic rings. The number of ether oxygens (including phenoxy) is 1. The summed E-state index contributed by atoms with van der Waals surface area (Å²) >= 11 is 0. The minimum absolute atomic E-state index is 0.140. The summed E-state index contributed by atoms with van der Waals surface area (Å²) in [5.41, 5.74) is 0.945. The van der Waals surface area contributed by atoms with Crippen molar-refractivity contribution in [3.8, 4) is 0 Å². The number of nitrogens with zero attached hydrogens (tertiary/aromatic N) is 2. The molecule has 3 amide bonds. The second kappa shape index (κ2) is 6.55. The maximum absolute atomic E-state index is 12.2. The van der Waals surface area contributed by atoms with E-state index in [1.165, 1.54) is 6.92 Å². The highest BCUT2D eigenvalue weighted by Gasteiger charge is 2.63. The van der Waals surface area contributed by atoms with Gasteiger partial charge in [0.15, 0.2) is 0 Å². The van der Waals surface area contributed by atoms with Crippen molar-refractivity contribution in [3.63, 3.8) is 0 Å². The van der Waals surface area contributed by atoms with Crippen LogP contribution in [0.2, 0.25) is 0 Å². The Hall–Kier alpha value is -2.57. The van der Waals surface area contributed by atoms with Crippen molar-refractivity contribution in [1.29, 1.82) is 0 Å². The molecule has 0 bridgehead atoms. The first-order valence-electron chi connectivity index (χ1n) is 9.44. The van der Waals surface area contributed by atoms with Gasteiger partial charge in [0.2, 0.25) is 11.8 Å². The molecule has 3 fully saturated rings. The number of nitrogens with one attached hydrogen (secondary N) is 1. The molecule has 0 aromatic heterocycles. The lowest BCUT2D eigenvalue weighted by Crippen LogP contribution is -2.33. The molecule has 0 radical (unpaired) electrons. The SMILES string of the molecule is CC(=O)NCC1CN(C2=CC=CC(C34CC3CN(C(C)=O)C4)C=C2)C(=O)O1. The molecule has 27 heavy (non-hydrogen) atoms. The van der Waals surface area contributed by atoms with Crippen molar-refractivity contribution in [2.45, 2.75) is 26.4 Å². The highest BCUT2D eigenvalue weighted by molar-refractivity contribution is 5.75. The van der Waals surface area contributed by atoms with E-state index in [-0.39, 0.29) is 35.3 Å². The molecule has 0 aromatic carbocycles. The van der Waals surface area contributed by atoms with Gasteiger partial charge in [-0.05, 0) is 24.5 Å². The Bertz CT molecular complexity index is 771. The number of carbonyl (C=O) groups excluding carboxylic acids is 3. The molecule has 2 heterocycles. The van der Waals surface area contributed by atoms with Crippen molar-refractivity contribution < 1.29 is 19.1 Å². The normalized spacial score (nSPS) is 34.1. The van der Waals surface area contributed by atoms with Crippen LogP contribution in [0.25, 0.3) is 0 Å². The molecule has 7 heteroatoms. The maximum atomic E-state index is 12.2. The summed E-state index contributed by atoms with van der Waals surface area (Å²) < 4.78 is 5.34. The van der Waals surface area contributed by atoms with Crippen LogP contribution < -0.4 is 5.32 Å². The van der Waals surface area contributed by atoms with Crippen molar-refractivity contribution in [2.75, 3.05) is 26.2 Å². The first-order valence-corrected chi connectivity index (χ1v) is 9.44. The zero-order valence-corrected chi connectivity index (χ0v) is 15.7. The third-order valence-corrected chi connectivity index (χ3v) is 6.14. The van der Waals surface area contributed by atoms with Crippen molar-refractivity contribution in [1.82, 2.24) is 15.1 Å². The lowest BCUT2D eigenvalue weighted by atomic mass is 9.87. The van der Waals surface area contributed by atoms with E-state index in [2.05, 4.69) is 17.5 Å². The second-order valence-electron chi connectivity index (χ2n) is 7.95. The summed E-state index contributed by atoms with van der Waals surface area (Å²) in [4.78, 5) is 38.5. The lowest BCUT2D eigenvalue weighted by molar-refractivity contribution is -0.128. The van der Waals surface area contributed by atoms with E-state index in [1.54, 1.807) is 11.8 Å². The van der Waals surface area contributed by atoms with E-state index in [9.17, 15) is 14.4 Å². The van der Waals surface area contributed by atoms with Crippen LogP contribution in [0, 0.1) is 17.3 Å². The molecule has 7 nitrogen and oxygen atoms in total. The molecule has 0 spiro atoms. The van der Waals surface area contributed by atoms with Crippen molar-refractivity contribution >= 4 is 17.9 Å². The Morgan fingerprint density at radius 2 is 2.11 bits per heavy atom. The van der Waals surface area contributed by atoms with Crippen molar-refractivity contribution in [2.24, 2.45) is 17.3 Å². The van der Waals surface area contributed by atoms with Crippen LogP contribution in [-0.4, -0.2) is 60.0 Å². The summed E-state index contributed by atoms with van der Waals surface area (Å²) in [5, 5.41) is 2.69. The van der Waals surface area contributed by atoms with E-state index in [4.69, 9.17) is 4.74 Å². The number of hydrogen-bond acceptors (Lipinski definition) is 4. The Morgan fingerprint density at radius 1 is 1.30 bits per heavy atom. The topological polar surface area (TPSA) is 79.0 Å². The predicted octanol–water partition coefficient (Wildman–Crippen LogP) is 1.44. The average Bonchev–Trinajstić information content (AvgIpc) is 3.11. The molecule has 2 aliphatic heterocycles. The third-order valence-electron chi connectivity index (χ3n) is 6.14. The van der Waals surface area contributed by atoms with Crippen LogP contribution in [0.5, 0.6) is 0 Å². The number of cyclic esters (lactones) is 1. The molecule has 4 rings (SSSR count). The van der Waals surface area contributed by atoms with Gasteiger partial charge in [0.25, 0.3) is 0 Å². The van der Waals surface area contributed by atoms with Crippen LogP contribution in [0.4, 0.5) is 4.79 Å². The fourth-order valence-corrected chi connectivity index (χ4v) is 4.53. The summed E-state index contributed by atoms with van der Waals surface area (Å²) in [7, 11) is 0. The van der Waals surface area contributed by atoms with E-state index >= 15 is 0 Å². The van der Waals surface area contributed by atoms with Gasteiger partial charge in [0, 0.05) is 44.0 Å². The first kappa shape index (κ1) is 17.8. The van der Waals surface area contributed by atoms with Crippen LogP contribution in [0.3, 0.4) is 0 Å². The Kier molecular flexibility index (Phi) is 4.32. The Labute approximate surface area is 158 Å². The van der Waals surface area contributed by atoms with Gasteiger partial charge in [-0.25, -0.2) is 4.79 Å². The molecule has 4 atom stereocenters. The average molecular weight is 371 g/mol. The van der Waals surface area contributed by atoms with Gasteiger partial charge in [0.05, 0.1) is 13.1 Å². The molecule has 2 saturated heterocycles. The van der Waals surface area contributed by atoms with Gasteiger partial charge in [-0.1, -0.05) is 18.2 Å². The maximum Gasteiger partial charge on any atom is 0.414 e. The summed E-state index contributed by atoms with van der Waals surface area (Å²) in [6, 6.07) is 0. The van der Waals surface area contributed by atoms with Gasteiger partial charge in [-0.3, -0.25) is 14.5 Å². The molecule has 1 saturated carbocycles. The Balaban J connectivity index is 1.41. The molecule has 1 N–H and O–H groups in total. The van der Waals surface area contributed by atoms with Crippen molar-refractivity contribution in [3.05, 3.63) is 36.1 Å². The smallest absolute Gasteiger partial charge is 0.414 e. The third kappa shape index (κ3) is 3.26. The van der Waals surface area contributed by atoms with Gasteiger partial charge >= 0.3 is 6.09 Å². The highest BCUT2D eigenvalue weighted by atomic mass is 16.6. The number of likely N-dealkylation sites (tertiary alicyclic amines) is 1. The van der Waals surface area contributed by atoms with Crippen LogP contribution in [0.1, 0.15) is 20.3 Å². The van der Waals surface area contributed by atoms with E-state index in [1.807, 2.05) is 23.1 Å². The minimum Gasteiger partial charge on any atom is -0.442 e. The lowest BCUT2D eigenvalue weighted by Gasteiger charge is -2.23. The molecule has 4 aliphatic rings. The standard InChI is InChI=1S/C20H25N3O4/c1-13(24)21-9-18-11-23(19(26)27-18)17-5-3-4-15(6-7-17)20-8-16(20)10-22(12-20)14(2)25/h3-7,15-16,18H,8-12H2,1-2H3,(H,21,24). The van der Waals surface area contributed by atoms with Gasteiger partial charge in [-0.15, -0.1) is 0 Å². The first-order chi connectivity index (χ1) is 12.9. The quantitative estimate of drug-likeness (QED) is 0.811. The summed E-state index contributed by atoms with van der Waals surface area (Å²) in [5.74, 6) is 0.834. The second-order valence-corrected chi connectivity index (χ2v) is 7.95. The molecular weight excluding hydrogens is 346 g/mol. The van der Waals surface area contributed by atoms with Gasteiger partial charge in [-0.2, -0.15) is 0 Å². The number of allylic oxidation sites excluding steroid dienone is 5. The number of piperidine rings is 1. The monoisotopic (exact) mass is 371 g/mol. The molecule has 144 valence electrons. The number of rotatable bonds is 4. The zero-order chi connectivity index (χ0) is 19.2. The largest absolute Gasteiger partial charge is 0.442 e. The molecule has 4 unspecified atom stereocenters. The number of hydrogen-bond donors (Lipinski definition) is 1. The van der Waals surface area contributed by atoms with Gasteiger partial charge < -0.3 is 15.0 Å². The van der Waals surface area contributed by atoms with Gasteiger partial charge in [0.1, 0.15) is 6.10 Å². The fourth-order valence-electron chi connectivity index (χ4n) is 4.53.